The molecule has 0 amide bonds. The highest BCUT2D eigenvalue weighted by atomic mass is 32.2. The normalized spacial score (nSPS) is 15.3. The fourth-order valence-corrected chi connectivity index (χ4v) is 5.43. The van der Waals surface area contributed by atoms with Gasteiger partial charge < -0.3 is 9.97 Å². The summed E-state index contributed by atoms with van der Waals surface area (Å²) in [4.78, 5) is 34.5. The Bertz CT molecular complexity index is 1620. The van der Waals surface area contributed by atoms with Gasteiger partial charge in [-0.05, 0) is 36.2 Å². The summed E-state index contributed by atoms with van der Waals surface area (Å²) >= 11 is 1.83. The molecule has 0 saturated heterocycles. The molecule has 0 fully saturated rings. The Labute approximate surface area is 194 Å². The Morgan fingerprint density at radius 3 is 2.73 bits per heavy atom. The third-order valence-corrected chi connectivity index (χ3v) is 7.23. The number of aromatic nitrogens is 5. The Kier molecular flexibility index (Phi) is 4.48. The second-order valence-electron chi connectivity index (χ2n) is 8.80. The lowest BCUT2D eigenvalue weighted by Crippen LogP contribution is -2.10. The molecule has 6 nitrogen and oxygen atoms in total. The van der Waals surface area contributed by atoms with Gasteiger partial charge in [0.1, 0.15) is 11.5 Å². The summed E-state index contributed by atoms with van der Waals surface area (Å²) in [5.74, 6) is 0.538. The van der Waals surface area contributed by atoms with E-state index in [0.29, 0.717) is 22.4 Å². The number of aromatic amines is 2. The van der Waals surface area contributed by atoms with Gasteiger partial charge in [0.05, 0.1) is 22.2 Å². The van der Waals surface area contributed by atoms with Crippen LogP contribution in [0.2, 0.25) is 0 Å². The van der Waals surface area contributed by atoms with Crippen LogP contribution in [-0.2, 0) is 0 Å². The van der Waals surface area contributed by atoms with E-state index in [2.05, 4.69) is 58.1 Å². The summed E-state index contributed by atoms with van der Waals surface area (Å²) in [6, 6.07) is 12.1. The van der Waals surface area contributed by atoms with E-state index in [-0.39, 0.29) is 10.2 Å². The van der Waals surface area contributed by atoms with E-state index in [4.69, 9.17) is 4.98 Å². The van der Waals surface area contributed by atoms with Crippen LogP contribution in [0.1, 0.15) is 26.0 Å². The first-order chi connectivity index (χ1) is 16.0. The van der Waals surface area contributed by atoms with E-state index < -0.39 is 0 Å². The molecular formula is C26H21N5OS. The zero-order valence-electron chi connectivity index (χ0n) is 18.2. The van der Waals surface area contributed by atoms with Gasteiger partial charge in [-0.25, -0.2) is 9.97 Å². The SMILES string of the molecule is CC1(C)CC=C(c2nc3[nH]cc(-c4ncc[nH]4)c(=O)c3cc2-c2ccc3ncccc3c2)S1. The number of fused-ring (bicyclic) bond motifs is 2. The second-order valence-corrected chi connectivity index (χ2v) is 10.5. The van der Waals surface area contributed by atoms with E-state index in [0.717, 1.165) is 39.0 Å². The van der Waals surface area contributed by atoms with Gasteiger partial charge in [-0.3, -0.25) is 9.78 Å². The van der Waals surface area contributed by atoms with Gasteiger partial charge >= 0.3 is 0 Å². The molecule has 7 heteroatoms. The molecule has 0 spiro atoms. The minimum absolute atomic E-state index is 0.102. The number of pyridine rings is 3. The van der Waals surface area contributed by atoms with Crippen LogP contribution < -0.4 is 5.43 Å². The molecule has 1 aromatic carbocycles. The monoisotopic (exact) mass is 451 g/mol. The van der Waals surface area contributed by atoms with Crippen molar-refractivity contribution in [2.24, 2.45) is 0 Å². The van der Waals surface area contributed by atoms with Crippen molar-refractivity contribution >= 4 is 38.6 Å². The number of rotatable bonds is 3. The number of nitrogens with one attached hydrogen (secondary N) is 2. The second kappa shape index (κ2) is 7.42. The third kappa shape index (κ3) is 3.45. The lowest BCUT2D eigenvalue weighted by atomic mass is 9.99. The van der Waals surface area contributed by atoms with Gasteiger partial charge in [0, 0.05) is 45.4 Å². The van der Waals surface area contributed by atoms with Crippen LogP contribution in [0.3, 0.4) is 0 Å². The summed E-state index contributed by atoms with van der Waals surface area (Å²) < 4.78 is 0.118. The zero-order chi connectivity index (χ0) is 22.6. The molecule has 0 aliphatic carbocycles. The first-order valence-corrected chi connectivity index (χ1v) is 11.6. The smallest absolute Gasteiger partial charge is 0.201 e. The number of benzene rings is 1. The average molecular weight is 452 g/mol. The minimum atomic E-state index is -0.102. The van der Waals surface area contributed by atoms with E-state index in [1.54, 1.807) is 24.8 Å². The standard InChI is InChI=1S/C26H21N5OS/c1-26(2)8-7-21(33-26)22-17(15-5-6-20-16(12-15)4-3-9-27-20)13-18-23(32)19(14-30-25(18)31-22)24-28-10-11-29-24/h3-7,9-14H,8H2,1-2H3,(H,28,29)(H,30,31,32). The predicted octanol–water partition coefficient (Wildman–Crippen LogP) is 5.78. The maximum absolute atomic E-state index is 13.4. The zero-order valence-corrected chi connectivity index (χ0v) is 19.0. The van der Waals surface area contributed by atoms with Crippen molar-refractivity contribution < 1.29 is 0 Å². The average Bonchev–Trinajstić information content (AvgIpc) is 3.48. The van der Waals surface area contributed by atoms with Crippen molar-refractivity contribution in [3.05, 3.63) is 83.2 Å². The molecule has 5 heterocycles. The van der Waals surface area contributed by atoms with Crippen LogP contribution in [0.5, 0.6) is 0 Å². The van der Waals surface area contributed by atoms with Crippen molar-refractivity contribution in [2.45, 2.75) is 25.0 Å². The Morgan fingerprint density at radius 2 is 1.94 bits per heavy atom. The topological polar surface area (TPSA) is 87.3 Å². The number of allylic oxidation sites excluding steroid dienone is 1. The molecule has 1 aliphatic rings. The Hall–Kier alpha value is -3.71. The molecule has 0 radical (unpaired) electrons. The van der Waals surface area contributed by atoms with Crippen molar-refractivity contribution in [1.29, 1.82) is 0 Å². The highest BCUT2D eigenvalue weighted by molar-refractivity contribution is 8.09. The van der Waals surface area contributed by atoms with E-state index in [1.807, 2.05) is 30.0 Å². The molecule has 5 aromatic rings. The highest BCUT2D eigenvalue weighted by Gasteiger charge is 2.29. The molecule has 0 bridgehead atoms. The fourth-order valence-electron chi connectivity index (χ4n) is 4.25. The molecule has 1 aliphatic heterocycles. The maximum Gasteiger partial charge on any atom is 0.201 e. The fraction of sp³-hybridized carbons (Fsp3) is 0.154. The van der Waals surface area contributed by atoms with Crippen LogP contribution in [0.4, 0.5) is 0 Å². The molecule has 6 rings (SSSR count). The van der Waals surface area contributed by atoms with Crippen LogP contribution in [0.25, 0.3) is 49.4 Å². The van der Waals surface area contributed by atoms with Crippen LogP contribution in [-0.4, -0.2) is 29.7 Å². The van der Waals surface area contributed by atoms with Crippen molar-refractivity contribution in [1.82, 2.24) is 24.9 Å². The third-order valence-electron chi connectivity index (χ3n) is 5.93. The number of H-pyrrole nitrogens is 2. The summed E-state index contributed by atoms with van der Waals surface area (Å²) in [6.07, 6.45) is 10.0. The summed E-state index contributed by atoms with van der Waals surface area (Å²) in [7, 11) is 0. The van der Waals surface area contributed by atoms with E-state index >= 15 is 0 Å². The number of hydrogen-bond donors (Lipinski definition) is 2. The van der Waals surface area contributed by atoms with Gasteiger partial charge in [-0.2, -0.15) is 0 Å². The molecule has 0 unspecified atom stereocenters. The van der Waals surface area contributed by atoms with Crippen molar-refractivity contribution in [2.75, 3.05) is 0 Å². The summed E-state index contributed by atoms with van der Waals surface area (Å²) in [5.41, 5.74) is 4.73. The predicted molar refractivity (Wildman–Crippen MR) is 135 cm³/mol. The molecule has 0 atom stereocenters. The lowest BCUT2D eigenvalue weighted by Gasteiger charge is -2.18. The van der Waals surface area contributed by atoms with Gasteiger partial charge in [0.25, 0.3) is 0 Å². The Balaban J connectivity index is 1.62. The van der Waals surface area contributed by atoms with E-state index in [9.17, 15) is 4.79 Å². The number of nitrogens with zero attached hydrogens (tertiary/aromatic N) is 3. The van der Waals surface area contributed by atoms with Crippen molar-refractivity contribution in [3.63, 3.8) is 0 Å². The minimum Gasteiger partial charge on any atom is -0.345 e. The summed E-state index contributed by atoms with van der Waals surface area (Å²) in [6.45, 7) is 4.47. The quantitative estimate of drug-likeness (QED) is 0.363. The molecular weight excluding hydrogens is 430 g/mol. The molecule has 4 aromatic heterocycles. The van der Waals surface area contributed by atoms with Gasteiger partial charge in [-0.1, -0.05) is 32.1 Å². The Morgan fingerprint density at radius 1 is 1.03 bits per heavy atom. The lowest BCUT2D eigenvalue weighted by molar-refractivity contribution is 0.740. The van der Waals surface area contributed by atoms with Gasteiger partial charge in [-0.15, -0.1) is 11.8 Å². The van der Waals surface area contributed by atoms with Crippen LogP contribution >= 0.6 is 11.8 Å². The van der Waals surface area contributed by atoms with Crippen LogP contribution in [0.15, 0.2) is 72.1 Å². The molecule has 33 heavy (non-hydrogen) atoms. The number of hydrogen-bond acceptors (Lipinski definition) is 5. The first-order valence-electron chi connectivity index (χ1n) is 10.8. The molecule has 2 N–H and O–H groups in total. The van der Waals surface area contributed by atoms with E-state index in [1.165, 1.54) is 0 Å². The maximum atomic E-state index is 13.4. The number of thioether (sulfide) groups is 1. The summed E-state index contributed by atoms with van der Waals surface area (Å²) in [5, 5.41) is 1.59. The van der Waals surface area contributed by atoms with Gasteiger partial charge in [0.2, 0.25) is 5.43 Å². The van der Waals surface area contributed by atoms with Crippen molar-refractivity contribution in [3.8, 4) is 22.5 Å². The number of imidazole rings is 1. The molecule has 162 valence electrons. The van der Waals surface area contributed by atoms with Gasteiger partial charge in [0.15, 0.2) is 0 Å². The largest absolute Gasteiger partial charge is 0.345 e. The van der Waals surface area contributed by atoms with Crippen LogP contribution in [0, 0.1) is 0 Å². The first kappa shape index (κ1) is 19.9. The highest BCUT2D eigenvalue weighted by Crippen LogP contribution is 2.48. The molecule has 0 saturated carbocycles.